The number of carbonyl (C=O) groups excluding carboxylic acids is 2. The van der Waals surface area contributed by atoms with Crippen LogP contribution in [0.4, 0.5) is 17.3 Å². The number of amides is 2. The topological polar surface area (TPSA) is 87.2 Å². The number of aromatic nitrogens is 2. The van der Waals surface area contributed by atoms with Gasteiger partial charge >= 0.3 is 0 Å². The highest BCUT2D eigenvalue weighted by molar-refractivity contribution is 5.93. The smallest absolute Gasteiger partial charge is 0.256 e. The van der Waals surface area contributed by atoms with Gasteiger partial charge in [-0.15, -0.1) is 0 Å². The van der Waals surface area contributed by atoms with Crippen molar-refractivity contribution in [2.75, 3.05) is 24.2 Å². The average molecular weight is 341 g/mol. The quantitative estimate of drug-likeness (QED) is 0.808. The molecule has 0 aliphatic carbocycles. The van der Waals surface area contributed by atoms with Crippen molar-refractivity contribution in [1.82, 2.24) is 14.9 Å². The first-order valence-electron chi connectivity index (χ1n) is 8.21. The van der Waals surface area contributed by atoms with Gasteiger partial charge in [0.05, 0.1) is 5.56 Å². The molecule has 2 aromatic rings. The molecule has 7 nitrogen and oxygen atoms in total. The molecule has 0 radical (unpaired) electrons. The third-order valence-electron chi connectivity index (χ3n) is 3.55. The predicted octanol–water partition coefficient (Wildman–Crippen LogP) is 3.05. The van der Waals surface area contributed by atoms with Gasteiger partial charge in [-0.25, -0.2) is 9.97 Å². The molecule has 132 valence electrons. The van der Waals surface area contributed by atoms with E-state index in [2.05, 4.69) is 27.5 Å². The van der Waals surface area contributed by atoms with Gasteiger partial charge in [0.1, 0.15) is 0 Å². The largest absolute Gasteiger partial charge is 0.342 e. The monoisotopic (exact) mass is 341 g/mol. The summed E-state index contributed by atoms with van der Waals surface area (Å²) in [6.45, 7) is 4.27. The van der Waals surface area contributed by atoms with Crippen molar-refractivity contribution in [3.8, 4) is 0 Å². The summed E-state index contributed by atoms with van der Waals surface area (Å²) in [4.78, 5) is 33.3. The zero-order valence-electron chi connectivity index (χ0n) is 14.7. The maximum atomic E-state index is 12.2. The molecule has 2 N–H and O–H groups in total. The van der Waals surface area contributed by atoms with E-state index in [0.717, 1.165) is 30.8 Å². The van der Waals surface area contributed by atoms with Crippen LogP contribution in [0.25, 0.3) is 0 Å². The van der Waals surface area contributed by atoms with E-state index in [9.17, 15) is 9.59 Å². The fourth-order valence-electron chi connectivity index (χ4n) is 2.19. The fraction of sp³-hybridized carbons (Fsp3) is 0.333. The number of carbonyl (C=O) groups is 2. The first-order valence-corrected chi connectivity index (χ1v) is 8.21. The Hall–Kier alpha value is -2.96. The first-order chi connectivity index (χ1) is 12.0. The lowest BCUT2D eigenvalue weighted by atomic mass is 10.2. The van der Waals surface area contributed by atoms with E-state index in [-0.39, 0.29) is 11.8 Å². The number of unbranched alkanes of at least 4 members (excludes halogenated alkanes) is 1. The number of hydrogen-bond acceptors (Lipinski definition) is 5. The summed E-state index contributed by atoms with van der Waals surface area (Å²) in [6, 6.07) is 7.19. The number of rotatable bonds is 7. The lowest BCUT2D eigenvalue weighted by Gasteiger charge is -2.16. The van der Waals surface area contributed by atoms with Crippen molar-refractivity contribution in [1.29, 1.82) is 0 Å². The number of nitrogens with one attached hydrogen (secondary N) is 2. The highest BCUT2D eigenvalue weighted by Gasteiger charge is 2.12. The maximum absolute atomic E-state index is 12.2. The molecule has 2 amide bonds. The lowest BCUT2D eigenvalue weighted by Crippen LogP contribution is -2.27. The van der Waals surface area contributed by atoms with Gasteiger partial charge in [-0.3, -0.25) is 9.59 Å². The Morgan fingerprint density at radius 1 is 1.08 bits per heavy atom. The third-order valence-corrected chi connectivity index (χ3v) is 3.55. The maximum Gasteiger partial charge on any atom is 0.256 e. The summed E-state index contributed by atoms with van der Waals surface area (Å²) in [5.74, 6) is 0.202. The molecular weight excluding hydrogens is 318 g/mol. The highest BCUT2D eigenvalue weighted by Crippen LogP contribution is 2.16. The molecular formula is C18H23N5O2. The van der Waals surface area contributed by atoms with Crippen molar-refractivity contribution >= 4 is 29.1 Å². The van der Waals surface area contributed by atoms with Crippen molar-refractivity contribution in [3.05, 3.63) is 42.2 Å². The van der Waals surface area contributed by atoms with Crippen molar-refractivity contribution < 1.29 is 9.59 Å². The van der Waals surface area contributed by atoms with Crippen LogP contribution in [0, 0.1) is 0 Å². The summed E-state index contributed by atoms with van der Waals surface area (Å²) in [6.07, 6.45) is 5.05. The van der Waals surface area contributed by atoms with Crippen LogP contribution < -0.4 is 10.6 Å². The lowest BCUT2D eigenvalue weighted by molar-refractivity contribution is -0.114. The highest BCUT2D eigenvalue weighted by atomic mass is 16.2. The first kappa shape index (κ1) is 18.4. The van der Waals surface area contributed by atoms with Crippen LogP contribution in [0.15, 0.2) is 36.7 Å². The molecule has 0 aliphatic rings. The summed E-state index contributed by atoms with van der Waals surface area (Å²) >= 11 is 0. The van der Waals surface area contributed by atoms with Crippen LogP contribution in [-0.2, 0) is 4.79 Å². The molecule has 1 heterocycles. The number of hydrogen-bond donors (Lipinski definition) is 2. The summed E-state index contributed by atoms with van der Waals surface area (Å²) in [7, 11) is 1.78. The SMILES string of the molecule is CCCCN(C)C(=O)c1cnc(Nc2ccc(NC(C)=O)cc2)nc1. The van der Waals surface area contributed by atoms with Gasteiger partial charge in [0, 0.05) is 44.3 Å². The predicted molar refractivity (Wildman–Crippen MR) is 97.9 cm³/mol. The van der Waals surface area contributed by atoms with Crippen LogP contribution in [0.2, 0.25) is 0 Å². The molecule has 0 atom stereocenters. The fourth-order valence-corrected chi connectivity index (χ4v) is 2.19. The molecule has 0 aliphatic heterocycles. The number of nitrogens with zero attached hydrogens (tertiary/aromatic N) is 3. The Labute approximate surface area is 147 Å². The van der Waals surface area contributed by atoms with E-state index in [1.807, 2.05) is 12.1 Å². The second kappa shape index (κ2) is 8.77. The van der Waals surface area contributed by atoms with E-state index >= 15 is 0 Å². The zero-order valence-corrected chi connectivity index (χ0v) is 14.7. The molecule has 7 heteroatoms. The Bertz CT molecular complexity index is 713. The Kier molecular flexibility index (Phi) is 6.45. The Balaban J connectivity index is 1.98. The number of anilines is 3. The van der Waals surface area contributed by atoms with Gasteiger partial charge < -0.3 is 15.5 Å². The normalized spacial score (nSPS) is 10.2. The second-order valence-electron chi connectivity index (χ2n) is 5.76. The average Bonchev–Trinajstić information content (AvgIpc) is 2.61. The minimum Gasteiger partial charge on any atom is -0.342 e. The number of benzene rings is 1. The summed E-state index contributed by atoms with van der Waals surface area (Å²) in [5.41, 5.74) is 1.97. The van der Waals surface area contributed by atoms with Gasteiger partial charge in [-0.1, -0.05) is 13.3 Å². The molecule has 0 fully saturated rings. The molecule has 1 aromatic carbocycles. The van der Waals surface area contributed by atoms with E-state index in [1.54, 1.807) is 24.1 Å². The van der Waals surface area contributed by atoms with Crippen LogP contribution in [0.1, 0.15) is 37.0 Å². The van der Waals surface area contributed by atoms with E-state index < -0.39 is 0 Å². The molecule has 0 saturated heterocycles. The summed E-state index contributed by atoms with van der Waals surface area (Å²) in [5, 5.41) is 5.75. The minimum atomic E-state index is -0.117. The van der Waals surface area contributed by atoms with Crippen LogP contribution in [-0.4, -0.2) is 40.3 Å². The van der Waals surface area contributed by atoms with Gasteiger partial charge in [0.2, 0.25) is 11.9 Å². The van der Waals surface area contributed by atoms with Crippen molar-refractivity contribution in [2.45, 2.75) is 26.7 Å². The van der Waals surface area contributed by atoms with E-state index in [1.165, 1.54) is 19.3 Å². The van der Waals surface area contributed by atoms with Gasteiger partial charge in [-0.05, 0) is 30.7 Å². The van der Waals surface area contributed by atoms with Gasteiger partial charge in [0.25, 0.3) is 5.91 Å². The molecule has 0 spiro atoms. The van der Waals surface area contributed by atoms with Crippen molar-refractivity contribution in [3.63, 3.8) is 0 Å². The van der Waals surface area contributed by atoms with E-state index in [0.29, 0.717) is 11.5 Å². The van der Waals surface area contributed by atoms with Crippen LogP contribution >= 0.6 is 0 Å². The van der Waals surface area contributed by atoms with Gasteiger partial charge in [0.15, 0.2) is 0 Å². The molecule has 2 rings (SSSR count). The molecule has 0 saturated carbocycles. The zero-order chi connectivity index (χ0) is 18.2. The molecule has 1 aromatic heterocycles. The Morgan fingerprint density at radius 3 is 2.24 bits per heavy atom. The second-order valence-corrected chi connectivity index (χ2v) is 5.76. The molecule has 0 bridgehead atoms. The molecule has 0 unspecified atom stereocenters. The van der Waals surface area contributed by atoms with Crippen LogP contribution in [0.5, 0.6) is 0 Å². The Morgan fingerprint density at radius 2 is 1.68 bits per heavy atom. The minimum absolute atomic E-state index is 0.0836. The molecule has 25 heavy (non-hydrogen) atoms. The van der Waals surface area contributed by atoms with Crippen LogP contribution in [0.3, 0.4) is 0 Å². The van der Waals surface area contributed by atoms with Gasteiger partial charge in [-0.2, -0.15) is 0 Å². The van der Waals surface area contributed by atoms with E-state index in [4.69, 9.17) is 0 Å². The van der Waals surface area contributed by atoms with Crippen molar-refractivity contribution in [2.24, 2.45) is 0 Å². The standard InChI is InChI=1S/C18H23N5O2/c1-4-5-10-23(3)17(25)14-11-19-18(20-12-14)22-16-8-6-15(7-9-16)21-13(2)24/h6-9,11-12H,4-5,10H2,1-3H3,(H,21,24)(H,19,20,22). The summed E-state index contributed by atoms with van der Waals surface area (Å²) < 4.78 is 0. The third kappa shape index (κ3) is 5.56.